The number of nitrogens with zero attached hydrogens (tertiary/aromatic N) is 2. The van der Waals surface area contributed by atoms with Crippen LogP contribution >= 0.6 is 0 Å². The first-order valence-electron chi connectivity index (χ1n) is 5.32. The van der Waals surface area contributed by atoms with E-state index in [9.17, 15) is 0 Å². The Kier molecular flexibility index (Phi) is 1.69. The quantitative estimate of drug-likeness (QED) is 0.610. The molecule has 2 aliphatic rings. The third-order valence-electron chi connectivity index (χ3n) is 3.42. The van der Waals surface area contributed by atoms with Crippen molar-refractivity contribution in [1.29, 1.82) is 0 Å². The van der Waals surface area contributed by atoms with E-state index < -0.39 is 0 Å². The van der Waals surface area contributed by atoms with Gasteiger partial charge in [-0.25, -0.2) is 0 Å². The second-order valence-corrected chi connectivity index (χ2v) is 4.51. The molecule has 2 heteroatoms. The molecule has 14 heavy (non-hydrogen) atoms. The summed E-state index contributed by atoms with van der Waals surface area (Å²) < 4.78 is 0. The molecular formula is C12H14N2. The minimum atomic E-state index is 0.529. The van der Waals surface area contributed by atoms with Gasteiger partial charge in [-0.3, -0.25) is 9.98 Å². The highest BCUT2D eigenvalue weighted by molar-refractivity contribution is 5.81. The van der Waals surface area contributed by atoms with Crippen LogP contribution in [0.3, 0.4) is 0 Å². The largest absolute Gasteiger partial charge is 0.287 e. The molecule has 0 radical (unpaired) electrons. The molecule has 1 aliphatic heterocycles. The van der Waals surface area contributed by atoms with E-state index in [0.717, 1.165) is 11.6 Å². The first kappa shape index (κ1) is 8.16. The normalized spacial score (nSPS) is 33.9. The van der Waals surface area contributed by atoms with Gasteiger partial charge in [0.05, 0.1) is 11.7 Å². The van der Waals surface area contributed by atoms with Crippen molar-refractivity contribution in [2.24, 2.45) is 10.9 Å². The highest BCUT2D eigenvalue weighted by Crippen LogP contribution is 2.42. The molecule has 0 N–H and O–H groups in total. The lowest BCUT2D eigenvalue weighted by atomic mass is 9.91. The number of fused-ring (bicyclic) bond motifs is 3. The van der Waals surface area contributed by atoms with E-state index in [4.69, 9.17) is 0 Å². The molecule has 2 nitrogen and oxygen atoms in total. The van der Waals surface area contributed by atoms with E-state index in [-0.39, 0.29) is 0 Å². The molecule has 1 aromatic rings. The van der Waals surface area contributed by atoms with Crippen LogP contribution in [0, 0.1) is 5.92 Å². The molecule has 0 amide bonds. The maximum atomic E-state index is 4.60. The second-order valence-electron chi connectivity index (χ2n) is 4.51. The number of pyridine rings is 1. The first-order chi connectivity index (χ1) is 6.84. The molecule has 3 rings (SSSR count). The maximum absolute atomic E-state index is 4.60. The van der Waals surface area contributed by atoms with Gasteiger partial charge in [-0.15, -0.1) is 0 Å². The van der Waals surface area contributed by atoms with E-state index in [2.05, 4.69) is 23.0 Å². The molecule has 2 heterocycles. The topological polar surface area (TPSA) is 25.2 Å². The molecule has 1 aliphatic carbocycles. The van der Waals surface area contributed by atoms with E-state index in [1.54, 1.807) is 0 Å². The Morgan fingerprint density at radius 3 is 3.21 bits per heavy atom. The maximum Gasteiger partial charge on any atom is 0.0843 e. The summed E-state index contributed by atoms with van der Waals surface area (Å²) in [5.41, 5.74) is 2.50. The van der Waals surface area contributed by atoms with Crippen molar-refractivity contribution in [1.82, 2.24) is 4.98 Å². The van der Waals surface area contributed by atoms with Crippen molar-refractivity contribution in [3.63, 3.8) is 0 Å². The van der Waals surface area contributed by atoms with Crippen molar-refractivity contribution in [2.75, 3.05) is 0 Å². The Bertz CT molecular complexity index is 384. The Morgan fingerprint density at radius 1 is 1.36 bits per heavy atom. The molecule has 0 saturated heterocycles. The van der Waals surface area contributed by atoms with Crippen LogP contribution in [0.2, 0.25) is 0 Å². The lowest BCUT2D eigenvalue weighted by Gasteiger charge is -2.21. The molecule has 1 saturated carbocycles. The highest BCUT2D eigenvalue weighted by atomic mass is 14.9. The van der Waals surface area contributed by atoms with Crippen molar-refractivity contribution in [2.45, 2.75) is 31.7 Å². The summed E-state index contributed by atoms with van der Waals surface area (Å²) in [6.07, 6.45) is 6.33. The van der Waals surface area contributed by atoms with Gasteiger partial charge in [0.25, 0.3) is 0 Å². The lowest BCUT2D eigenvalue weighted by Crippen LogP contribution is -2.17. The fourth-order valence-corrected chi connectivity index (χ4v) is 2.78. The van der Waals surface area contributed by atoms with E-state index >= 15 is 0 Å². The van der Waals surface area contributed by atoms with Gasteiger partial charge in [-0.05, 0) is 30.4 Å². The number of rotatable bonds is 0. The highest BCUT2D eigenvalue weighted by Gasteiger charge is 2.35. The van der Waals surface area contributed by atoms with E-state index in [1.165, 1.54) is 18.4 Å². The zero-order valence-electron chi connectivity index (χ0n) is 8.35. The Balaban J connectivity index is 2.07. The summed E-state index contributed by atoms with van der Waals surface area (Å²) >= 11 is 0. The van der Waals surface area contributed by atoms with Gasteiger partial charge in [0.15, 0.2) is 0 Å². The predicted octanol–water partition coefficient (Wildman–Crippen LogP) is 2.40. The minimum Gasteiger partial charge on any atom is -0.287 e. The van der Waals surface area contributed by atoms with Crippen molar-refractivity contribution in [3.8, 4) is 0 Å². The molecule has 0 spiro atoms. The van der Waals surface area contributed by atoms with Gasteiger partial charge in [0.1, 0.15) is 0 Å². The Hall–Kier alpha value is -1.18. The van der Waals surface area contributed by atoms with E-state index in [0.29, 0.717) is 12.0 Å². The SMILES string of the molecule is CC1CC2N=Cc3ncccc3C2C1. The van der Waals surface area contributed by atoms with Gasteiger partial charge < -0.3 is 0 Å². The summed E-state index contributed by atoms with van der Waals surface area (Å²) in [6, 6.07) is 4.78. The Morgan fingerprint density at radius 2 is 2.29 bits per heavy atom. The fraction of sp³-hybridized carbons (Fsp3) is 0.500. The summed E-state index contributed by atoms with van der Waals surface area (Å²) in [5.74, 6) is 1.45. The van der Waals surface area contributed by atoms with Gasteiger partial charge in [0, 0.05) is 18.3 Å². The van der Waals surface area contributed by atoms with Gasteiger partial charge in [-0.2, -0.15) is 0 Å². The third-order valence-corrected chi connectivity index (χ3v) is 3.42. The van der Waals surface area contributed by atoms with Crippen molar-refractivity contribution < 1.29 is 0 Å². The molecule has 3 unspecified atom stereocenters. The second kappa shape index (κ2) is 2.91. The molecular weight excluding hydrogens is 172 g/mol. The van der Waals surface area contributed by atoms with Gasteiger partial charge >= 0.3 is 0 Å². The number of aliphatic imine (C=N–C) groups is 1. The smallest absolute Gasteiger partial charge is 0.0843 e. The number of aromatic nitrogens is 1. The lowest BCUT2D eigenvalue weighted by molar-refractivity contribution is 0.595. The monoisotopic (exact) mass is 186 g/mol. The predicted molar refractivity (Wildman–Crippen MR) is 56.8 cm³/mol. The summed E-state index contributed by atoms with van der Waals surface area (Å²) in [6.45, 7) is 2.32. The van der Waals surface area contributed by atoms with Crippen LogP contribution in [0.25, 0.3) is 0 Å². The zero-order valence-corrected chi connectivity index (χ0v) is 8.35. The average Bonchev–Trinajstić information content (AvgIpc) is 2.59. The third kappa shape index (κ3) is 1.10. The molecule has 0 bridgehead atoms. The van der Waals surface area contributed by atoms with Crippen LogP contribution in [0.15, 0.2) is 23.3 Å². The van der Waals surface area contributed by atoms with Gasteiger partial charge in [0.2, 0.25) is 0 Å². The average molecular weight is 186 g/mol. The summed E-state index contributed by atoms with van der Waals surface area (Å²) in [5, 5.41) is 0. The minimum absolute atomic E-state index is 0.529. The summed E-state index contributed by atoms with van der Waals surface area (Å²) in [4.78, 5) is 8.95. The molecule has 1 aromatic heterocycles. The molecule has 72 valence electrons. The molecule has 3 atom stereocenters. The standard InChI is InChI=1S/C12H14N2/c1-8-5-10-9-3-2-4-13-12(9)7-14-11(10)6-8/h2-4,7-8,10-11H,5-6H2,1H3. The van der Waals surface area contributed by atoms with Crippen LogP contribution in [0.1, 0.15) is 36.9 Å². The van der Waals surface area contributed by atoms with Gasteiger partial charge in [-0.1, -0.05) is 13.0 Å². The van der Waals surface area contributed by atoms with E-state index in [1.807, 2.05) is 18.5 Å². The van der Waals surface area contributed by atoms with Crippen LogP contribution in [0.4, 0.5) is 0 Å². The zero-order chi connectivity index (χ0) is 9.54. The number of hydrogen-bond acceptors (Lipinski definition) is 2. The van der Waals surface area contributed by atoms with Crippen LogP contribution in [0.5, 0.6) is 0 Å². The molecule has 0 aromatic carbocycles. The Labute approximate surface area is 84.1 Å². The molecule has 1 fully saturated rings. The van der Waals surface area contributed by atoms with Crippen LogP contribution < -0.4 is 0 Å². The summed E-state index contributed by atoms with van der Waals surface area (Å²) in [7, 11) is 0. The van der Waals surface area contributed by atoms with Crippen molar-refractivity contribution in [3.05, 3.63) is 29.6 Å². The van der Waals surface area contributed by atoms with Crippen LogP contribution in [-0.4, -0.2) is 17.2 Å². The van der Waals surface area contributed by atoms with Crippen LogP contribution in [-0.2, 0) is 0 Å². The van der Waals surface area contributed by atoms with Crippen molar-refractivity contribution >= 4 is 6.21 Å². The number of hydrogen-bond donors (Lipinski definition) is 0. The first-order valence-corrected chi connectivity index (χ1v) is 5.32. The fourth-order valence-electron chi connectivity index (χ4n) is 2.78.